The molecule has 0 aliphatic rings. The van der Waals surface area contributed by atoms with Gasteiger partial charge in [-0.25, -0.2) is 0 Å². The summed E-state index contributed by atoms with van der Waals surface area (Å²) in [5.41, 5.74) is 2.42. The fourth-order valence-electron chi connectivity index (χ4n) is 2.04. The predicted octanol–water partition coefficient (Wildman–Crippen LogP) is 3.70. The summed E-state index contributed by atoms with van der Waals surface area (Å²) in [6.45, 7) is 4.16. The van der Waals surface area contributed by atoms with Crippen molar-refractivity contribution in [3.63, 3.8) is 0 Å². The van der Waals surface area contributed by atoms with Crippen molar-refractivity contribution in [2.45, 2.75) is 13.8 Å². The van der Waals surface area contributed by atoms with E-state index in [9.17, 15) is 0 Å². The molecule has 0 aliphatic heterocycles. The molecule has 0 saturated carbocycles. The van der Waals surface area contributed by atoms with Crippen molar-refractivity contribution in [1.82, 2.24) is 4.98 Å². The normalized spacial score (nSPS) is 10.8. The van der Waals surface area contributed by atoms with E-state index in [0.717, 1.165) is 11.6 Å². The quantitative estimate of drug-likeness (QED) is 0.673. The molecule has 3 heteroatoms. The first-order valence-electron chi connectivity index (χ1n) is 5.81. The van der Waals surface area contributed by atoms with E-state index in [1.807, 2.05) is 24.4 Å². The third kappa shape index (κ3) is 2.20. The maximum absolute atomic E-state index is 5.95. The van der Waals surface area contributed by atoms with E-state index < -0.39 is 0 Å². The molecule has 0 bridgehead atoms. The van der Waals surface area contributed by atoms with Gasteiger partial charge in [-0.15, -0.1) is 0 Å². The Labute approximate surface area is 112 Å². The molecule has 90 valence electrons. The predicted molar refractivity (Wildman–Crippen MR) is 74.7 cm³/mol. The summed E-state index contributed by atoms with van der Waals surface area (Å²) in [5.74, 6) is 1.62. The van der Waals surface area contributed by atoms with Gasteiger partial charge in [0, 0.05) is 0 Å². The molecule has 0 radical (unpaired) electrons. The average molecular weight is 302 g/mol. The van der Waals surface area contributed by atoms with Gasteiger partial charge in [0.2, 0.25) is 0 Å². The van der Waals surface area contributed by atoms with Crippen LogP contribution >= 0.6 is 0 Å². The number of fused-ring (bicyclic) bond motifs is 1. The van der Waals surface area contributed by atoms with Crippen molar-refractivity contribution >= 4 is 24.1 Å². The van der Waals surface area contributed by atoms with Gasteiger partial charge < -0.3 is 0 Å². The molecule has 0 N–H and O–H groups in total. The molecule has 18 heavy (non-hydrogen) atoms. The van der Waals surface area contributed by atoms with Crippen molar-refractivity contribution in [2.75, 3.05) is 0 Å². The Bertz CT molecular complexity index is 682. The number of nitrogens with zero attached hydrogens (tertiary/aromatic N) is 1. The van der Waals surface area contributed by atoms with Crippen LogP contribution < -0.4 is 4.74 Å². The molecule has 1 aromatic carbocycles. The molecule has 0 fully saturated rings. The molecular weight excluding hydrogens is 289 g/mol. The summed E-state index contributed by atoms with van der Waals surface area (Å²) >= 11 is 0.345. The fraction of sp³-hybridized carbons (Fsp3) is 0.133. The van der Waals surface area contributed by atoms with Gasteiger partial charge in [0.05, 0.1) is 0 Å². The Morgan fingerprint density at radius 1 is 1.06 bits per heavy atom. The van der Waals surface area contributed by atoms with Gasteiger partial charge in [0.15, 0.2) is 0 Å². The monoisotopic (exact) mass is 303 g/mol. The molecule has 3 aromatic rings. The van der Waals surface area contributed by atoms with Gasteiger partial charge in [-0.05, 0) is 0 Å². The third-order valence-corrected chi connectivity index (χ3v) is 4.67. The number of ether oxygens (including phenoxy) is 1. The summed E-state index contributed by atoms with van der Waals surface area (Å²) < 4.78 is 7.19. The van der Waals surface area contributed by atoms with E-state index in [0.29, 0.717) is 14.5 Å². The summed E-state index contributed by atoms with van der Waals surface area (Å²) in [6.07, 6.45) is 1.81. The van der Waals surface area contributed by atoms with Gasteiger partial charge >= 0.3 is 112 Å². The van der Waals surface area contributed by atoms with Crippen LogP contribution in [0.15, 0.2) is 41.5 Å². The molecule has 0 unspecified atom stereocenters. The Morgan fingerprint density at radius 3 is 2.61 bits per heavy atom. The standard InChI is InChI=1S/C15H13NOSe/c1-10-7-11(2)9-13(8-10)17-15-14-12(3-5-16-15)4-6-18-14/h3-9H,1-2H3. The number of aromatic nitrogens is 1. The Kier molecular flexibility index (Phi) is 2.94. The zero-order chi connectivity index (χ0) is 12.5. The van der Waals surface area contributed by atoms with Crippen LogP contribution in [0.3, 0.4) is 0 Å². The summed E-state index contributed by atoms with van der Waals surface area (Å²) in [6, 6.07) is 10.4. The van der Waals surface area contributed by atoms with E-state index in [1.165, 1.54) is 20.8 Å². The van der Waals surface area contributed by atoms with E-state index >= 15 is 0 Å². The van der Waals surface area contributed by atoms with Crippen molar-refractivity contribution < 1.29 is 4.74 Å². The number of hydrogen-bond donors (Lipinski definition) is 0. The second-order valence-electron chi connectivity index (χ2n) is 4.38. The molecule has 2 aromatic heterocycles. The Balaban J connectivity index is 2.03. The van der Waals surface area contributed by atoms with Gasteiger partial charge in [-0.1, -0.05) is 0 Å². The minimum absolute atomic E-state index is 0.345. The van der Waals surface area contributed by atoms with Crippen molar-refractivity contribution in [3.05, 3.63) is 52.6 Å². The second-order valence-corrected chi connectivity index (χ2v) is 6.30. The Hall–Kier alpha value is -1.57. The average Bonchev–Trinajstić information content (AvgIpc) is 2.76. The summed E-state index contributed by atoms with van der Waals surface area (Å²) in [4.78, 5) is 6.56. The molecule has 0 aliphatic carbocycles. The van der Waals surface area contributed by atoms with E-state index in [4.69, 9.17) is 4.74 Å². The van der Waals surface area contributed by atoms with E-state index in [2.05, 4.69) is 35.9 Å². The maximum atomic E-state index is 5.95. The van der Waals surface area contributed by atoms with Crippen LogP contribution in [-0.2, 0) is 0 Å². The van der Waals surface area contributed by atoms with E-state index in [-0.39, 0.29) is 0 Å². The van der Waals surface area contributed by atoms with Crippen molar-refractivity contribution in [3.8, 4) is 11.6 Å². The van der Waals surface area contributed by atoms with Crippen LogP contribution in [0, 0.1) is 13.8 Å². The minimum atomic E-state index is 0.345. The molecular formula is C15H13NOSe. The summed E-state index contributed by atoms with van der Waals surface area (Å²) in [5, 5.41) is 1.24. The third-order valence-electron chi connectivity index (χ3n) is 2.75. The molecule has 0 amide bonds. The van der Waals surface area contributed by atoms with Crippen LogP contribution in [0.1, 0.15) is 11.1 Å². The second kappa shape index (κ2) is 4.60. The molecule has 0 spiro atoms. The molecule has 2 heterocycles. The first kappa shape index (κ1) is 11.5. The van der Waals surface area contributed by atoms with Gasteiger partial charge in [-0.3, -0.25) is 0 Å². The van der Waals surface area contributed by atoms with Crippen LogP contribution in [0.25, 0.3) is 9.65 Å². The van der Waals surface area contributed by atoms with Gasteiger partial charge in [0.25, 0.3) is 0 Å². The number of benzene rings is 1. The number of aryl methyl sites for hydroxylation is 2. The number of pyridine rings is 1. The van der Waals surface area contributed by atoms with Gasteiger partial charge in [-0.2, -0.15) is 0 Å². The number of hydrogen-bond acceptors (Lipinski definition) is 2. The Morgan fingerprint density at radius 2 is 1.83 bits per heavy atom. The molecule has 2 nitrogen and oxygen atoms in total. The van der Waals surface area contributed by atoms with Crippen LogP contribution in [0.4, 0.5) is 0 Å². The van der Waals surface area contributed by atoms with Crippen molar-refractivity contribution in [2.24, 2.45) is 0 Å². The first-order valence-corrected chi connectivity index (χ1v) is 7.65. The van der Waals surface area contributed by atoms with Crippen LogP contribution in [0.5, 0.6) is 11.6 Å². The van der Waals surface area contributed by atoms with Crippen LogP contribution in [-0.4, -0.2) is 19.5 Å². The zero-order valence-corrected chi connectivity index (χ0v) is 12.0. The van der Waals surface area contributed by atoms with E-state index in [1.54, 1.807) is 0 Å². The summed E-state index contributed by atoms with van der Waals surface area (Å²) in [7, 11) is 0. The molecule has 0 atom stereocenters. The fourth-order valence-corrected chi connectivity index (χ4v) is 3.76. The first-order chi connectivity index (χ1) is 8.72. The molecule has 3 rings (SSSR count). The van der Waals surface area contributed by atoms with Crippen molar-refractivity contribution in [1.29, 1.82) is 0 Å². The van der Waals surface area contributed by atoms with Crippen LogP contribution in [0.2, 0.25) is 0 Å². The topological polar surface area (TPSA) is 22.1 Å². The SMILES string of the molecule is Cc1cc(C)cc(Oc2nccc3cc[se]c23)c1. The number of rotatable bonds is 2. The zero-order valence-electron chi connectivity index (χ0n) is 10.3. The van der Waals surface area contributed by atoms with Gasteiger partial charge in [0.1, 0.15) is 0 Å². The molecule has 0 saturated heterocycles.